The van der Waals surface area contributed by atoms with Crippen LogP contribution in [0.2, 0.25) is 0 Å². The summed E-state index contributed by atoms with van der Waals surface area (Å²) in [4.78, 5) is 16.6. The lowest BCUT2D eigenvalue weighted by molar-refractivity contribution is -0.135. The van der Waals surface area contributed by atoms with Crippen LogP contribution in [0.25, 0.3) is 0 Å². The molecule has 1 atom stereocenters. The second-order valence-electron chi connectivity index (χ2n) is 6.50. The normalized spacial score (nSPS) is 22.4. The molecule has 2 aliphatic heterocycles. The van der Waals surface area contributed by atoms with E-state index in [2.05, 4.69) is 4.90 Å². The molecule has 2 heterocycles. The first-order chi connectivity index (χ1) is 11.7. The molecule has 0 N–H and O–H groups in total. The minimum Gasteiger partial charge on any atom is -0.493 e. The maximum absolute atomic E-state index is 12.9. The Labute approximate surface area is 142 Å². The van der Waals surface area contributed by atoms with E-state index in [1.54, 1.807) is 12.1 Å². The van der Waals surface area contributed by atoms with E-state index >= 15 is 0 Å². The van der Waals surface area contributed by atoms with Gasteiger partial charge in [0.05, 0.1) is 26.4 Å². The molecule has 1 aromatic carbocycles. The van der Waals surface area contributed by atoms with E-state index in [0.29, 0.717) is 38.0 Å². The van der Waals surface area contributed by atoms with Gasteiger partial charge >= 0.3 is 0 Å². The number of hydrogen-bond acceptors (Lipinski definition) is 4. The number of benzene rings is 1. The Morgan fingerprint density at radius 1 is 1.21 bits per heavy atom. The molecule has 132 valence electrons. The molecular weight excluding hydrogens is 311 g/mol. The molecule has 1 aromatic rings. The van der Waals surface area contributed by atoms with Gasteiger partial charge in [-0.3, -0.25) is 9.69 Å². The fourth-order valence-corrected chi connectivity index (χ4v) is 3.22. The fraction of sp³-hybridized carbons (Fsp3) is 0.611. The summed E-state index contributed by atoms with van der Waals surface area (Å²) in [6.45, 7) is 5.69. The highest BCUT2D eigenvalue weighted by atomic mass is 19.1. The van der Waals surface area contributed by atoms with Crippen molar-refractivity contribution < 1.29 is 18.7 Å². The SMILES string of the molecule is O=C(CN1CCOCC1)N1CCC[C@H](COc2ccc(F)cc2)C1. The van der Waals surface area contributed by atoms with Crippen molar-refractivity contribution in [3.05, 3.63) is 30.1 Å². The van der Waals surface area contributed by atoms with Crippen molar-refractivity contribution in [3.63, 3.8) is 0 Å². The first-order valence-corrected chi connectivity index (χ1v) is 8.67. The number of ether oxygens (including phenoxy) is 2. The summed E-state index contributed by atoms with van der Waals surface area (Å²) in [7, 11) is 0. The molecule has 2 fully saturated rings. The highest BCUT2D eigenvalue weighted by molar-refractivity contribution is 5.78. The topological polar surface area (TPSA) is 42.0 Å². The van der Waals surface area contributed by atoms with Crippen LogP contribution in [0.3, 0.4) is 0 Å². The van der Waals surface area contributed by atoms with Crippen LogP contribution in [0.1, 0.15) is 12.8 Å². The quantitative estimate of drug-likeness (QED) is 0.822. The van der Waals surface area contributed by atoms with Crippen LogP contribution < -0.4 is 4.74 Å². The van der Waals surface area contributed by atoms with Crippen molar-refractivity contribution in [2.45, 2.75) is 12.8 Å². The average molecular weight is 336 g/mol. The fourth-order valence-electron chi connectivity index (χ4n) is 3.22. The largest absolute Gasteiger partial charge is 0.493 e. The zero-order valence-corrected chi connectivity index (χ0v) is 14.0. The second-order valence-corrected chi connectivity index (χ2v) is 6.50. The van der Waals surface area contributed by atoms with Crippen LogP contribution in [-0.2, 0) is 9.53 Å². The van der Waals surface area contributed by atoms with E-state index in [0.717, 1.165) is 39.0 Å². The Hall–Kier alpha value is -1.66. The van der Waals surface area contributed by atoms with Crippen molar-refractivity contribution in [3.8, 4) is 5.75 Å². The number of carbonyl (C=O) groups is 1. The Bertz CT molecular complexity index is 532. The molecule has 0 aromatic heterocycles. The number of carbonyl (C=O) groups excluding carboxylic acids is 1. The summed E-state index contributed by atoms with van der Waals surface area (Å²) in [5.41, 5.74) is 0. The number of rotatable bonds is 5. The molecule has 24 heavy (non-hydrogen) atoms. The van der Waals surface area contributed by atoms with E-state index in [-0.39, 0.29) is 11.7 Å². The number of morpholine rings is 1. The van der Waals surface area contributed by atoms with Crippen molar-refractivity contribution in [1.82, 2.24) is 9.80 Å². The van der Waals surface area contributed by atoms with Gasteiger partial charge in [-0.1, -0.05) is 0 Å². The van der Waals surface area contributed by atoms with Gasteiger partial charge in [-0.2, -0.15) is 0 Å². The third-order valence-corrected chi connectivity index (χ3v) is 4.63. The van der Waals surface area contributed by atoms with Crippen molar-refractivity contribution in [2.75, 3.05) is 52.5 Å². The number of amides is 1. The van der Waals surface area contributed by atoms with Gasteiger partial charge < -0.3 is 14.4 Å². The third kappa shape index (κ3) is 4.92. The summed E-state index contributed by atoms with van der Waals surface area (Å²) < 4.78 is 24.0. The van der Waals surface area contributed by atoms with Crippen LogP contribution in [0.15, 0.2) is 24.3 Å². The smallest absolute Gasteiger partial charge is 0.236 e. The van der Waals surface area contributed by atoms with Gasteiger partial charge in [-0.05, 0) is 37.1 Å². The molecule has 0 unspecified atom stereocenters. The zero-order valence-electron chi connectivity index (χ0n) is 14.0. The Morgan fingerprint density at radius 3 is 2.71 bits per heavy atom. The number of piperidine rings is 1. The van der Waals surface area contributed by atoms with Gasteiger partial charge in [0.15, 0.2) is 0 Å². The van der Waals surface area contributed by atoms with Crippen LogP contribution >= 0.6 is 0 Å². The molecule has 0 saturated carbocycles. The van der Waals surface area contributed by atoms with E-state index < -0.39 is 0 Å². The van der Waals surface area contributed by atoms with E-state index in [1.807, 2.05) is 4.90 Å². The molecule has 6 heteroatoms. The lowest BCUT2D eigenvalue weighted by Gasteiger charge is -2.35. The third-order valence-electron chi connectivity index (χ3n) is 4.63. The predicted molar refractivity (Wildman–Crippen MR) is 88.5 cm³/mol. The molecule has 0 spiro atoms. The van der Waals surface area contributed by atoms with Crippen LogP contribution in [-0.4, -0.2) is 68.3 Å². The Morgan fingerprint density at radius 2 is 1.96 bits per heavy atom. The molecule has 3 rings (SSSR count). The van der Waals surface area contributed by atoms with E-state index in [9.17, 15) is 9.18 Å². The number of halogens is 1. The molecule has 2 aliphatic rings. The van der Waals surface area contributed by atoms with Gasteiger partial charge in [0.1, 0.15) is 11.6 Å². The monoisotopic (exact) mass is 336 g/mol. The standard InChI is InChI=1S/C18H25FN2O3/c19-16-3-5-17(6-4-16)24-14-15-2-1-7-21(12-15)18(22)13-20-8-10-23-11-9-20/h3-6,15H,1-2,7-14H2/t15-/m0/s1. The summed E-state index contributed by atoms with van der Waals surface area (Å²) in [5, 5.41) is 0. The van der Waals surface area contributed by atoms with Gasteiger partial charge in [0.2, 0.25) is 5.91 Å². The summed E-state index contributed by atoms with van der Waals surface area (Å²) in [6, 6.07) is 6.07. The van der Waals surface area contributed by atoms with Crippen LogP contribution in [0.4, 0.5) is 4.39 Å². The van der Waals surface area contributed by atoms with Gasteiger partial charge in [-0.25, -0.2) is 4.39 Å². The first kappa shape index (κ1) is 17.2. The summed E-state index contributed by atoms with van der Waals surface area (Å²) in [5.74, 6) is 0.939. The lowest BCUT2D eigenvalue weighted by Crippen LogP contribution is -2.48. The lowest BCUT2D eigenvalue weighted by atomic mass is 9.99. The van der Waals surface area contributed by atoms with Crippen LogP contribution in [0.5, 0.6) is 5.75 Å². The first-order valence-electron chi connectivity index (χ1n) is 8.67. The zero-order chi connectivity index (χ0) is 16.8. The molecule has 1 amide bonds. The van der Waals surface area contributed by atoms with Gasteiger partial charge in [-0.15, -0.1) is 0 Å². The minimum atomic E-state index is -0.264. The average Bonchev–Trinajstić information content (AvgIpc) is 2.62. The molecule has 0 bridgehead atoms. The van der Waals surface area contributed by atoms with E-state index in [1.165, 1.54) is 12.1 Å². The molecular formula is C18H25FN2O3. The van der Waals surface area contributed by atoms with Crippen molar-refractivity contribution in [2.24, 2.45) is 5.92 Å². The van der Waals surface area contributed by atoms with Gasteiger partial charge in [0.25, 0.3) is 0 Å². The summed E-state index contributed by atoms with van der Waals surface area (Å²) >= 11 is 0. The maximum atomic E-state index is 12.9. The van der Waals surface area contributed by atoms with Crippen molar-refractivity contribution >= 4 is 5.91 Å². The highest BCUT2D eigenvalue weighted by Crippen LogP contribution is 2.19. The predicted octanol–water partition coefficient (Wildman–Crippen LogP) is 1.78. The van der Waals surface area contributed by atoms with Crippen molar-refractivity contribution in [1.29, 1.82) is 0 Å². The molecule has 0 aliphatic carbocycles. The minimum absolute atomic E-state index is 0.198. The number of nitrogens with zero attached hydrogens (tertiary/aromatic N) is 2. The molecule has 0 radical (unpaired) electrons. The summed E-state index contributed by atoms with van der Waals surface area (Å²) in [6.07, 6.45) is 2.06. The highest BCUT2D eigenvalue weighted by Gasteiger charge is 2.25. The number of likely N-dealkylation sites (tertiary alicyclic amines) is 1. The second kappa shape index (κ2) is 8.44. The Kier molecular flexibility index (Phi) is 6.04. The maximum Gasteiger partial charge on any atom is 0.236 e. The molecule has 5 nitrogen and oxygen atoms in total. The van der Waals surface area contributed by atoms with Gasteiger partial charge in [0, 0.05) is 32.1 Å². The molecule has 2 saturated heterocycles. The van der Waals surface area contributed by atoms with E-state index in [4.69, 9.17) is 9.47 Å². The van der Waals surface area contributed by atoms with Crippen LogP contribution in [0, 0.1) is 11.7 Å². The number of hydrogen-bond donors (Lipinski definition) is 0. The Balaban J connectivity index is 1.44.